The number of nitrogen functional groups attached to an aromatic ring is 1. The fourth-order valence-electron chi connectivity index (χ4n) is 1.87. The van der Waals surface area contributed by atoms with Crippen molar-refractivity contribution in [1.29, 1.82) is 0 Å². The van der Waals surface area contributed by atoms with Gasteiger partial charge in [0.1, 0.15) is 11.3 Å². The molecule has 0 fully saturated rings. The smallest absolute Gasteiger partial charge is 0.138 e. The van der Waals surface area contributed by atoms with E-state index in [1.807, 2.05) is 18.2 Å². The van der Waals surface area contributed by atoms with E-state index in [0.29, 0.717) is 21.6 Å². The van der Waals surface area contributed by atoms with E-state index < -0.39 is 0 Å². The molecule has 96 valence electrons. The monoisotopic (exact) mass is 355 g/mol. The van der Waals surface area contributed by atoms with Crippen LogP contribution in [0.2, 0.25) is 10.0 Å². The van der Waals surface area contributed by atoms with Gasteiger partial charge in [-0.25, -0.2) is 4.98 Å². The number of hydrogen-bond donors (Lipinski definition) is 2. The fourth-order valence-corrected chi connectivity index (χ4v) is 2.84. The molecule has 1 heterocycles. The quantitative estimate of drug-likeness (QED) is 0.610. The Bertz CT molecular complexity index is 783. The van der Waals surface area contributed by atoms with Gasteiger partial charge in [-0.3, -0.25) is 0 Å². The maximum Gasteiger partial charge on any atom is 0.138 e. The molecule has 3 nitrogen and oxygen atoms in total. The van der Waals surface area contributed by atoms with E-state index >= 15 is 0 Å². The van der Waals surface area contributed by atoms with Crippen LogP contribution in [0, 0.1) is 0 Å². The van der Waals surface area contributed by atoms with Crippen LogP contribution in [0.25, 0.3) is 22.4 Å². The van der Waals surface area contributed by atoms with Gasteiger partial charge in [0.05, 0.1) is 21.2 Å². The maximum atomic E-state index is 6.16. The lowest BCUT2D eigenvalue weighted by Crippen LogP contribution is -1.88. The Balaban J connectivity index is 2.20. The highest BCUT2D eigenvalue weighted by atomic mass is 79.9. The van der Waals surface area contributed by atoms with Gasteiger partial charge in [-0.1, -0.05) is 39.1 Å². The van der Waals surface area contributed by atoms with Crippen molar-refractivity contribution in [2.75, 3.05) is 5.73 Å². The number of H-pyrrole nitrogens is 1. The van der Waals surface area contributed by atoms with E-state index in [1.54, 1.807) is 12.1 Å². The number of benzene rings is 2. The Hall–Kier alpha value is -1.23. The second kappa shape index (κ2) is 4.71. The van der Waals surface area contributed by atoms with Crippen LogP contribution in [0.15, 0.2) is 34.8 Å². The summed E-state index contributed by atoms with van der Waals surface area (Å²) in [6, 6.07) is 9.13. The Kier molecular flexibility index (Phi) is 3.17. The molecule has 0 saturated carbocycles. The Labute approximate surface area is 127 Å². The molecule has 19 heavy (non-hydrogen) atoms. The van der Waals surface area contributed by atoms with Crippen LogP contribution in [-0.2, 0) is 0 Å². The zero-order valence-corrected chi connectivity index (χ0v) is 12.6. The fraction of sp³-hybridized carbons (Fsp3) is 0. The minimum atomic E-state index is 0.520. The number of halogens is 3. The molecule has 3 aromatic rings. The third kappa shape index (κ3) is 2.31. The summed E-state index contributed by atoms with van der Waals surface area (Å²) >= 11 is 15.5. The van der Waals surface area contributed by atoms with E-state index in [4.69, 9.17) is 28.9 Å². The highest BCUT2D eigenvalue weighted by molar-refractivity contribution is 9.10. The lowest BCUT2D eigenvalue weighted by Gasteiger charge is -2.00. The molecule has 0 atom stereocenters. The number of nitrogens with zero attached hydrogens (tertiary/aromatic N) is 1. The second-order valence-electron chi connectivity index (χ2n) is 4.11. The molecule has 0 unspecified atom stereocenters. The first-order valence-electron chi connectivity index (χ1n) is 5.45. The van der Waals surface area contributed by atoms with E-state index in [9.17, 15) is 0 Å². The first-order chi connectivity index (χ1) is 9.04. The first kappa shape index (κ1) is 12.8. The summed E-state index contributed by atoms with van der Waals surface area (Å²) in [5.41, 5.74) is 8.78. The van der Waals surface area contributed by atoms with Crippen LogP contribution in [0.1, 0.15) is 0 Å². The second-order valence-corrected chi connectivity index (χ2v) is 5.84. The molecule has 0 aliphatic heterocycles. The average Bonchev–Trinajstić information content (AvgIpc) is 2.76. The molecule has 0 spiro atoms. The van der Waals surface area contributed by atoms with Crippen LogP contribution in [0.4, 0.5) is 5.69 Å². The molecule has 0 radical (unpaired) electrons. The van der Waals surface area contributed by atoms with E-state index in [-0.39, 0.29) is 0 Å². The third-order valence-corrected chi connectivity index (χ3v) is 3.86. The number of nitrogens with two attached hydrogens (primary N) is 1. The molecule has 3 N–H and O–H groups in total. The summed E-state index contributed by atoms with van der Waals surface area (Å²) in [4.78, 5) is 7.70. The number of fused-ring (bicyclic) bond motifs is 1. The van der Waals surface area contributed by atoms with Crippen molar-refractivity contribution < 1.29 is 0 Å². The number of anilines is 1. The topological polar surface area (TPSA) is 54.7 Å². The van der Waals surface area contributed by atoms with E-state index in [1.165, 1.54) is 0 Å². The highest BCUT2D eigenvalue weighted by Gasteiger charge is 2.10. The zero-order valence-electron chi connectivity index (χ0n) is 9.55. The Morgan fingerprint density at radius 3 is 2.63 bits per heavy atom. The van der Waals surface area contributed by atoms with Crippen molar-refractivity contribution in [2.45, 2.75) is 0 Å². The summed E-state index contributed by atoms with van der Waals surface area (Å²) in [6.45, 7) is 0. The van der Waals surface area contributed by atoms with Gasteiger partial charge in [-0.05, 0) is 30.3 Å². The van der Waals surface area contributed by atoms with Gasteiger partial charge in [0.2, 0.25) is 0 Å². The number of aromatic amines is 1. The van der Waals surface area contributed by atoms with Crippen molar-refractivity contribution in [1.82, 2.24) is 9.97 Å². The molecule has 2 aromatic carbocycles. The average molecular weight is 357 g/mol. The van der Waals surface area contributed by atoms with Gasteiger partial charge in [0.25, 0.3) is 0 Å². The molecule has 6 heteroatoms. The van der Waals surface area contributed by atoms with Crippen molar-refractivity contribution in [2.24, 2.45) is 0 Å². The lowest BCUT2D eigenvalue weighted by atomic mass is 10.2. The number of hydrogen-bond acceptors (Lipinski definition) is 2. The molecular formula is C13H8BrCl2N3. The number of imidazole rings is 1. The van der Waals surface area contributed by atoms with Gasteiger partial charge in [0.15, 0.2) is 0 Å². The highest BCUT2D eigenvalue weighted by Crippen LogP contribution is 2.30. The zero-order chi connectivity index (χ0) is 13.6. The molecule has 0 aliphatic rings. The van der Waals surface area contributed by atoms with Crippen molar-refractivity contribution in [3.63, 3.8) is 0 Å². The standard InChI is InChI=1S/C13H8BrCl2N3/c14-7-4-9(16)12-11(5-7)18-13(19-12)6-1-2-8(15)10(17)3-6/h1-5H,17H2,(H,18,19). The van der Waals surface area contributed by atoms with Crippen molar-refractivity contribution >= 4 is 55.9 Å². The molecule has 1 aromatic heterocycles. The SMILES string of the molecule is Nc1cc(-c2nc3c(Cl)cc(Br)cc3[nH]2)ccc1Cl. The van der Waals surface area contributed by atoms with Crippen molar-refractivity contribution in [3.8, 4) is 11.4 Å². The Morgan fingerprint density at radius 2 is 1.89 bits per heavy atom. The first-order valence-corrected chi connectivity index (χ1v) is 6.99. The number of aromatic nitrogens is 2. The minimum absolute atomic E-state index is 0.520. The van der Waals surface area contributed by atoms with Crippen LogP contribution in [0.3, 0.4) is 0 Å². The van der Waals surface area contributed by atoms with Crippen LogP contribution < -0.4 is 5.73 Å². The van der Waals surface area contributed by atoms with Gasteiger partial charge < -0.3 is 10.7 Å². The van der Waals surface area contributed by atoms with Gasteiger partial charge in [0, 0.05) is 10.0 Å². The summed E-state index contributed by atoms with van der Waals surface area (Å²) in [6.07, 6.45) is 0. The van der Waals surface area contributed by atoms with Gasteiger partial charge in [-0.15, -0.1) is 0 Å². The number of nitrogens with one attached hydrogen (secondary N) is 1. The minimum Gasteiger partial charge on any atom is -0.398 e. The van der Waals surface area contributed by atoms with Crippen molar-refractivity contribution in [3.05, 3.63) is 44.8 Å². The third-order valence-electron chi connectivity index (χ3n) is 2.77. The molecule has 3 rings (SSSR count). The van der Waals surface area contributed by atoms with E-state index in [0.717, 1.165) is 21.1 Å². The normalized spacial score (nSPS) is 11.1. The largest absolute Gasteiger partial charge is 0.398 e. The van der Waals surface area contributed by atoms with Crippen LogP contribution in [-0.4, -0.2) is 9.97 Å². The molecule has 0 aliphatic carbocycles. The van der Waals surface area contributed by atoms with Crippen LogP contribution in [0.5, 0.6) is 0 Å². The summed E-state index contributed by atoms with van der Waals surface area (Å²) in [5, 5.41) is 1.12. The lowest BCUT2D eigenvalue weighted by molar-refractivity contribution is 1.34. The van der Waals surface area contributed by atoms with Crippen LogP contribution >= 0.6 is 39.1 Å². The number of rotatable bonds is 1. The molecule has 0 saturated heterocycles. The molecular weight excluding hydrogens is 349 g/mol. The van der Waals surface area contributed by atoms with Gasteiger partial charge in [-0.2, -0.15) is 0 Å². The molecule has 0 amide bonds. The van der Waals surface area contributed by atoms with Gasteiger partial charge >= 0.3 is 0 Å². The summed E-state index contributed by atoms with van der Waals surface area (Å²) in [5.74, 6) is 0.707. The van der Waals surface area contributed by atoms with E-state index in [2.05, 4.69) is 25.9 Å². The predicted molar refractivity (Wildman–Crippen MR) is 83.7 cm³/mol. The Morgan fingerprint density at radius 1 is 1.11 bits per heavy atom. The summed E-state index contributed by atoms with van der Waals surface area (Å²) < 4.78 is 0.899. The maximum absolute atomic E-state index is 6.16. The predicted octanol–water partition coefficient (Wildman–Crippen LogP) is 4.88. The summed E-state index contributed by atoms with van der Waals surface area (Å²) in [7, 11) is 0. The molecule has 0 bridgehead atoms.